The number of nitrogens with one attached hydrogen (secondary N) is 1. The third-order valence-corrected chi connectivity index (χ3v) is 3.82. The zero-order chi connectivity index (χ0) is 11.5. The van der Waals surface area contributed by atoms with E-state index < -0.39 is 0 Å². The standard InChI is InChI=1S/C13H14ClNS/c1-9-7-11(10(2)16-9)8-15-13-6-4-3-5-12(13)14/h3-7,15H,8H2,1-2H3. The Morgan fingerprint density at radius 2 is 2.00 bits per heavy atom. The molecule has 0 aliphatic carbocycles. The zero-order valence-electron chi connectivity index (χ0n) is 9.38. The van der Waals surface area contributed by atoms with Crippen molar-refractivity contribution in [3.8, 4) is 0 Å². The van der Waals surface area contributed by atoms with Crippen LogP contribution in [0.2, 0.25) is 5.02 Å². The molecule has 0 fully saturated rings. The molecule has 0 amide bonds. The molecule has 1 aromatic heterocycles. The predicted octanol–water partition coefficient (Wildman–Crippen LogP) is 4.63. The van der Waals surface area contributed by atoms with Crippen molar-refractivity contribution in [1.82, 2.24) is 0 Å². The van der Waals surface area contributed by atoms with E-state index in [9.17, 15) is 0 Å². The SMILES string of the molecule is Cc1cc(CNc2ccccc2Cl)c(C)s1. The summed E-state index contributed by atoms with van der Waals surface area (Å²) >= 11 is 7.91. The molecule has 0 radical (unpaired) electrons. The largest absolute Gasteiger partial charge is 0.380 e. The first kappa shape index (κ1) is 11.5. The van der Waals surface area contributed by atoms with Crippen LogP contribution in [0.5, 0.6) is 0 Å². The number of rotatable bonds is 3. The summed E-state index contributed by atoms with van der Waals surface area (Å²) in [7, 11) is 0. The van der Waals surface area contributed by atoms with E-state index in [2.05, 4.69) is 25.2 Å². The number of anilines is 1. The second kappa shape index (κ2) is 4.89. The van der Waals surface area contributed by atoms with Crippen molar-refractivity contribution in [1.29, 1.82) is 0 Å². The summed E-state index contributed by atoms with van der Waals surface area (Å²) in [6.07, 6.45) is 0. The first-order valence-corrected chi connectivity index (χ1v) is 6.40. The van der Waals surface area contributed by atoms with Gasteiger partial charge in [-0.25, -0.2) is 0 Å². The minimum Gasteiger partial charge on any atom is -0.380 e. The summed E-state index contributed by atoms with van der Waals surface area (Å²) in [5.74, 6) is 0. The molecule has 3 heteroatoms. The van der Waals surface area contributed by atoms with Crippen molar-refractivity contribution >= 4 is 28.6 Å². The van der Waals surface area contributed by atoms with E-state index in [1.807, 2.05) is 35.6 Å². The highest BCUT2D eigenvalue weighted by Crippen LogP contribution is 2.24. The molecule has 2 rings (SSSR count). The lowest BCUT2D eigenvalue weighted by Gasteiger charge is -2.07. The second-order valence-electron chi connectivity index (χ2n) is 3.77. The number of halogens is 1. The molecule has 1 aromatic carbocycles. The third kappa shape index (κ3) is 2.57. The van der Waals surface area contributed by atoms with Gasteiger partial charge in [0.15, 0.2) is 0 Å². The van der Waals surface area contributed by atoms with Gasteiger partial charge in [0.2, 0.25) is 0 Å². The molecule has 0 aliphatic heterocycles. The molecular formula is C13H14ClNS. The summed E-state index contributed by atoms with van der Waals surface area (Å²) in [5, 5.41) is 4.13. The molecule has 0 unspecified atom stereocenters. The lowest BCUT2D eigenvalue weighted by molar-refractivity contribution is 1.14. The predicted molar refractivity (Wildman–Crippen MR) is 72.6 cm³/mol. The van der Waals surface area contributed by atoms with Crippen LogP contribution in [0.15, 0.2) is 30.3 Å². The van der Waals surface area contributed by atoms with Crippen LogP contribution in [-0.2, 0) is 6.54 Å². The Kier molecular flexibility index (Phi) is 3.52. The third-order valence-electron chi connectivity index (χ3n) is 2.49. The molecule has 1 nitrogen and oxygen atoms in total. The van der Waals surface area contributed by atoms with E-state index in [1.165, 1.54) is 15.3 Å². The van der Waals surface area contributed by atoms with Gasteiger partial charge < -0.3 is 5.32 Å². The number of hydrogen-bond acceptors (Lipinski definition) is 2. The van der Waals surface area contributed by atoms with Gasteiger partial charge in [-0.2, -0.15) is 0 Å². The fraction of sp³-hybridized carbons (Fsp3) is 0.231. The molecule has 0 aliphatic rings. The molecule has 0 bridgehead atoms. The topological polar surface area (TPSA) is 12.0 Å². The fourth-order valence-electron chi connectivity index (χ4n) is 1.65. The minimum atomic E-state index is 0.770. The zero-order valence-corrected chi connectivity index (χ0v) is 11.0. The average molecular weight is 252 g/mol. The molecule has 0 saturated carbocycles. The molecule has 0 saturated heterocycles. The summed E-state index contributed by atoms with van der Waals surface area (Å²) in [5.41, 5.74) is 2.34. The van der Waals surface area contributed by atoms with Gasteiger partial charge in [-0.05, 0) is 37.6 Å². The van der Waals surface area contributed by atoms with E-state index >= 15 is 0 Å². The first-order chi connectivity index (χ1) is 7.66. The average Bonchev–Trinajstić information content (AvgIpc) is 2.56. The highest BCUT2D eigenvalue weighted by Gasteiger charge is 2.03. The van der Waals surface area contributed by atoms with Crippen molar-refractivity contribution in [2.24, 2.45) is 0 Å². The molecule has 1 heterocycles. The number of benzene rings is 1. The van der Waals surface area contributed by atoms with Gasteiger partial charge >= 0.3 is 0 Å². The van der Waals surface area contributed by atoms with Gasteiger partial charge in [-0.1, -0.05) is 23.7 Å². The van der Waals surface area contributed by atoms with Gasteiger partial charge in [0, 0.05) is 16.3 Å². The Morgan fingerprint density at radius 3 is 2.62 bits per heavy atom. The van der Waals surface area contributed by atoms with E-state index in [4.69, 9.17) is 11.6 Å². The van der Waals surface area contributed by atoms with Crippen LogP contribution in [0.3, 0.4) is 0 Å². The lowest BCUT2D eigenvalue weighted by atomic mass is 10.2. The smallest absolute Gasteiger partial charge is 0.0637 e. The van der Waals surface area contributed by atoms with Crippen molar-refractivity contribution in [3.05, 3.63) is 50.7 Å². The molecule has 16 heavy (non-hydrogen) atoms. The summed E-state index contributed by atoms with van der Waals surface area (Å²) in [6.45, 7) is 5.12. The van der Waals surface area contributed by atoms with Crippen LogP contribution < -0.4 is 5.32 Å². The van der Waals surface area contributed by atoms with Crippen molar-refractivity contribution in [3.63, 3.8) is 0 Å². The van der Waals surface area contributed by atoms with Gasteiger partial charge in [-0.15, -0.1) is 11.3 Å². The maximum atomic E-state index is 6.08. The second-order valence-corrected chi connectivity index (χ2v) is 5.64. The van der Waals surface area contributed by atoms with Crippen molar-refractivity contribution in [2.75, 3.05) is 5.32 Å². The maximum Gasteiger partial charge on any atom is 0.0637 e. The molecule has 2 aromatic rings. The van der Waals surface area contributed by atoms with Gasteiger partial charge in [-0.3, -0.25) is 0 Å². The lowest BCUT2D eigenvalue weighted by Crippen LogP contribution is -1.99. The van der Waals surface area contributed by atoms with Gasteiger partial charge in [0.25, 0.3) is 0 Å². The van der Waals surface area contributed by atoms with E-state index in [0.717, 1.165) is 17.3 Å². The molecule has 84 valence electrons. The van der Waals surface area contributed by atoms with E-state index in [1.54, 1.807) is 0 Å². The molecule has 1 N–H and O–H groups in total. The van der Waals surface area contributed by atoms with Crippen LogP contribution in [0, 0.1) is 13.8 Å². The Labute approximate surface area is 105 Å². The summed E-state index contributed by atoms with van der Waals surface area (Å²) < 4.78 is 0. The normalized spacial score (nSPS) is 10.4. The Morgan fingerprint density at radius 1 is 1.25 bits per heavy atom. The first-order valence-electron chi connectivity index (χ1n) is 5.21. The minimum absolute atomic E-state index is 0.770. The fourth-order valence-corrected chi connectivity index (χ4v) is 2.80. The van der Waals surface area contributed by atoms with Gasteiger partial charge in [0.05, 0.1) is 10.7 Å². The van der Waals surface area contributed by atoms with Crippen LogP contribution >= 0.6 is 22.9 Å². The molecule has 0 atom stereocenters. The Balaban J connectivity index is 2.08. The molecule has 0 spiro atoms. The highest BCUT2D eigenvalue weighted by atomic mass is 35.5. The highest BCUT2D eigenvalue weighted by molar-refractivity contribution is 7.12. The quantitative estimate of drug-likeness (QED) is 0.839. The van der Waals surface area contributed by atoms with Gasteiger partial charge in [0.1, 0.15) is 0 Å². The van der Waals surface area contributed by atoms with Crippen LogP contribution in [0.4, 0.5) is 5.69 Å². The Hall–Kier alpha value is -0.990. The number of thiophene rings is 1. The Bertz CT molecular complexity index is 490. The van der Waals surface area contributed by atoms with E-state index in [-0.39, 0.29) is 0 Å². The number of para-hydroxylation sites is 1. The van der Waals surface area contributed by atoms with Crippen LogP contribution in [0.25, 0.3) is 0 Å². The number of aryl methyl sites for hydroxylation is 2. The van der Waals surface area contributed by atoms with Crippen LogP contribution in [0.1, 0.15) is 15.3 Å². The monoisotopic (exact) mass is 251 g/mol. The number of hydrogen-bond donors (Lipinski definition) is 1. The van der Waals surface area contributed by atoms with Crippen molar-refractivity contribution < 1.29 is 0 Å². The summed E-state index contributed by atoms with van der Waals surface area (Å²) in [4.78, 5) is 2.73. The van der Waals surface area contributed by atoms with Crippen LogP contribution in [-0.4, -0.2) is 0 Å². The van der Waals surface area contributed by atoms with E-state index in [0.29, 0.717) is 0 Å². The summed E-state index contributed by atoms with van der Waals surface area (Å²) in [6, 6.07) is 10.0. The molecular weight excluding hydrogens is 238 g/mol. The maximum absolute atomic E-state index is 6.08. The van der Waals surface area contributed by atoms with Crippen molar-refractivity contribution in [2.45, 2.75) is 20.4 Å².